The number of nitrogens with zero attached hydrogens (tertiary/aromatic N) is 1. The van der Waals surface area contributed by atoms with Gasteiger partial charge in [0, 0.05) is 5.56 Å². The van der Waals surface area contributed by atoms with Gasteiger partial charge < -0.3 is 15.5 Å². The Labute approximate surface area is 143 Å². The van der Waals surface area contributed by atoms with Crippen molar-refractivity contribution in [2.24, 2.45) is 0 Å². The Morgan fingerprint density at radius 1 is 1.28 bits per heavy atom. The van der Waals surface area contributed by atoms with E-state index in [2.05, 4.69) is 10.3 Å². The van der Waals surface area contributed by atoms with Crippen molar-refractivity contribution in [1.82, 2.24) is 10.3 Å². The zero-order valence-electron chi connectivity index (χ0n) is 12.8. The number of nitrogens with one attached hydrogen (secondary N) is 1. The van der Waals surface area contributed by atoms with Gasteiger partial charge in [0.1, 0.15) is 9.88 Å². The predicted octanol–water partition coefficient (Wildman–Crippen LogP) is 2.31. The van der Waals surface area contributed by atoms with Gasteiger partial charge in [-0.15, -0.1) is 11.3 Å². The molecule has 0 saturated heterocycles. The number of aryl methyl sites for hydroxylation is 1. The lowest BCUT2D eigenvalue weighted by Gasteiger charge is -2.10. The molecule has 3 N–H and O–H groups in total. The van der Waals surface area contributed by atoms with Gasteiger partial charge >= 0.3 is 12.1 Å². The van der Waals surface area contributed by atoms with Crippen LogP contribution in [0.15, 0.2) is 24.3 Å². The number of carbonyl (C=O) groups is 2. The number of aromatic nitrogens is 1. The number of carboxylic acid groups (broad SMARTS) is 1. The smallest absolute Gasteiger partial charge is 0.416 e. The number of carboxylic acids is 1. The summed E-state index contributed by atoms with van der Waals surface area (Å²) in [6, 6.07) is 2.87. The molecule has 0 aliphatic carbocycles. The molecule has 25 heavy (non-hydrogen) atoms. The van der Waals surface area contributed by atoms with Crippen LogP contribution in [0.5, 0.6) is 0 Å². The molecule has 1 heterocycles. The summed E-state index contributed by atoms with van der Waals surface area (Å²) in [4.78, 5) is 27.2. The molecular formula is C15H13F3N2O4S. The summed E-state index contributed by atoms with van der Waals surface area (Å²) >= 11 is 0.919. The molecule has 1 aromatic carbocycles. The van der Waals surface area contributed by atoms with E-state index < -0.39 is 36.3 Å². The number of hydrogen-bond acceptors (Lipinski definition) is 5. The van der Waals surface area contributed by atoms with Crippen LogP contribution in [0, 0.1) is 6.92 Å². The van der Waals surface area contributed by atoms with E-state index in [0.717, 1.165) is 23.5 Å². The molecule has 6 nitrogen and oxygen atoms in total. The highest BCUT2D eigenvalue weighted by molar-refractivity contribution is 7.17. The molecule has 10 heteroatoms. The first-order chi connectivity index (χ1) is 11.6. The molecule has 0 aliphatic rings. The first-order valence-electron chi connectivity index (χ1n) is 6.93. The van der Waals surface area contributed by atoms with Crippen LogP contribution in [0.3, 0.4) is 0 Å². The van der Waals surface area contributed by atoms with Crippen LogP contribution < -0.4 is 5.32 Å². The van der Waals surface area contributed by atoms with Crippen molar-refractivity contribution >= 4 is 23.2 Å². The molecule has 2 aromatic rings. The van der Waals surface area contributed by atoms with E-state index in [1.807, 2.05) is 0 Å². The van der Waals surface area contributed by atoms with Crippen LogP contribution >= 0.6 is 11.3 Å². The second kappa shape index (κ2) is 7.19. The molecule has 134 valence electrons. The number of aliphatic hydroxyl groups is 1. The molecule has 1 atom stereocenters. The number of alkyl halides is 3. The molecule has 0 radical (unpaired) electrons. The van der Waals surface area contributed by atoms with Gasteiger partial charge in [0.2, 0.25) is 0 Å². The SMILES string of the molecule is Cc1nc(-c2ccc(C(F)(F)F)cc2)sc1C(=O)N[C@@H](CO)C(=O)O. The van der Waals surface area contributed by atoms with E-state index >= 15 is 0 Å². The highest BCUT2D eigenvalue weighted by Gasteiger charge is 2.30. The molecule has 2 rings (SSSR count). The summed E-state index contributed by atoms with van der Waals surface area (Å²) in [5.41, 5.74) is -0.0914. The molecule has 0 fully saturated rings. The van der Waals surface area contributed by atoms with Gasteiger partial charge in [-0.2, -0.15) is 13.2 Å². The molecule has 0 aliphatic heterocycles. The van der Waals surface area contributed by atoms with Crippen molar-refractivity contribution in [3.63, 3.8) is 0 Å². The monoisotopic (exact) mass is 374 g/mol. The van der Waals surface area contributed by atoms with Crippen molar-refractivity contribution in [3.8, 4) is 10.6 Å². The minimum Gasteiger partial charge on any atom is -0.480 e. The average Bonchev–Trinajstić information content (AvgIpc) is 2.93. The number of benzene rings is 1. The standard InChI is InChI=1S/C15H13F3N2O4S/c1-7-11(12(22)20-10(6-21)14(23)24)25-13(19-7)8-2-4-9(5-3-8)15(16,17)18/h2-5,10,21H,6H2,1H3,(H,20,22)(H,23,24)/t10-/m0/s1. The summed E-state index contributed by atoms with van der Waals surface area (Å²) in [6.45, 7) is 0.748. The number of rotatable bonds is 5. The van der Waals surface area contributed by atoms with Crippen LogP contribution in [-0.4, -0.2) is 39.7 Å². The van der Waals surface area contributed by atoms with Gasteiger partial charge in [0.15, 0.2) is 6.04 Å². The van der Waals surface area contributed by atoms with Crippen LogP contribution in [0.2, 0.25) is 0 Å². The minimum absolute atomic E-state index is 0.120. The zero-order valence-corrected chi connectivity index (χ0v) is 13.6. The summed E-state index contributed by atoms with van der Waals surface area (Å²) < 4.78 is 37.7. The van der Waals surface area contributed by atoms with Crippen molar-refractivity contribution in [1.29, 1.82) is 0 Å². The first kappa shape index (κ1) is 18.9. The maximum absolute atomic E-state index is 12.6. The largest absolute Gasteiger partial charge is 0.480 e. The molecular weight excluding hydrogens is 361 g/mol. The predicted molar refractivity (Wildman–Crippen MR) is 83.3 cm³/mol. The number of thiazole rings is 1. The fourth-order valence-corrected chi connectivity index (χ4v) is 2.92. The molecule has 0 unspecified atom stereocenters. The van der Waals surface area contributed by atoms with Gasteiger partial charge in [0.05, 0.1) is 17.9 Å². The highest BCUT2D eigenvalue weighted by atomic mass is 32.1. The maximum Gasteiger partial charge on any atom is 0.416 e. The molecule has 1 amide bonds. The van der Waals surface area contributed by atoms with E-state index in [-0.39, 0.29) is 4.88 Å². The Morgan fingerprint density at radius 2 is 1.88 bits per heavy atom. The van der Waals surface area contributed by atoms with Crippen LogP contribution in [-0.2, 0) is 11.0 Å². The van der Waals surface area contributed by atoms with Gasteiger partial charge in [-0.3, -0.25) is 4.79 Å². The molecule has 0 spiro atoms. The Bertz CT molecular complexity index is 787. The lowest BCUT2D eigenvalue weighted by atomic mass is 10.1. The third-order valence-electron chi connectivity index (χ3n) is 3.25. The van der Waals surface area contributed by atoms with Crippen LogP contribution in [0.4, 0.5) is 13.2 Å². The highest BCUT2D eigenvalue weighted by Crippen LogP contribution is 2.32. The number of amides is 1. The Morgan fingerprint density at radius 3 is 2.36 bits per heavy atom. The van der Waals surface area contributed by atoms with Gasteiger partial charge in [-0.05, 0) is 19.1 Å². The lowest BCUT2D eigenvalue weighted by molar-refractivity contribution is -0.140. The third kappa shape index (κ3) is 4.34. The minimum atomic E-state index is -4.45. The van der Waals surface area contributed by atoms with Crippen molar-refractivity contribution in [2.45, 2.75) is 19.1 Å². The van der Waals surface area contributed by atoms with Gasteiger partial charge in [-0.1, -0.05) is 12.1 Å². The van der Waals surface area contributed by atoms with E-state index in [4.69, 9.17) is 10.2 Å². The Kier molecular flexibility index (Phi) is 5.43. The number of aliphatic carboxylic acids is 1. The van der Waals surface area contributed by atoms with Gasteiger partial charge in [0.25, 0.3) is 5.91 Å². The number of carbonyl (C=O) groups excluding carboxylic acids is 1. The van der Waals surface area contributed by atoms with E-state index in [1.54, 1.807) is 0 Å². The van der Waals surface area contributed by atoms with Crippen molar-refractivity contribution in [3.05, 3.63) is 40.4 Å². The second-order valence-corrected chi connectivity index (χ2v) is 6.05. The van der Waals surface area contributed by atoms with E-state index in [1.165, 1.54) is 19.1 Å². The maximum atomic E-state index is 12.6. The van der Waals surface area contributed by atoms with Gasteiger partial charge in [-0.25, -0.2) is 9.78 Å². The molecule has 0 saturated carbocycles. The quantitative estimate of drug-likeness (QED) is 0.746. The third-order valence-corrected chi connectivity index (χ3v) is 4.45. The Balaban J connectivity index is 2.25. The number of aliphatic hydroxyl groups excluding tert-OH is 1. The molecule has 1 aromatic heterocycles. The normalized spacial score (nSPS) is 12.7. The molecule has 0 bridgehead atoms. The summed E-state index contributed by atoms with van der Waals surface area (Å²) in [7, 11) is 0. The van der Waals surface area contributed by atoms with Crippen molar-refractivity contribution < 1.29 is 33.0 Å². The van der Waals surface area contributed by atoms with Crippen molar-refractivity contribution in [2.75, 3.05) is 6.61 Å². The zero-order chi connectivity index (χ0) is 18.8. The summed E-state index contributed by atoms with van der Waals surface area (Å²) in [6.07, 6.45) is -4.45. The van der Waals surface area contributed by atoms with Crippen LogP contribution in [0.1, 0.15) is 20.9 Å². The van der Waals surface area contributed by atoms with E-state index in [9.17, 15) is 22.8 Å². The average molecular weight is 374 g/mol. The fourth-order valence-electron chi connectivity index (χ4n) is 1.94. The van der Waals surface area contributed by atoms with E-state index in [0.29, 0.717) is 16.3 Å². The first-order valence-corrected chi connectivity index (χ1v) is 7.74. The number of hydrogen-bond donors (Lipinski definition) is 3. The second-order valence-electron chi connectivity index (χ2n) is 5.06. The topological polar surface area (TPSA) is 99.5 Å². The fraction of sp³-hybridized carbons (Fsp3) is 0.267. The summed E-state index contributed by atoms with van der Waals surface area (Å²) in [5, 5.41) is 20.2. The van der Waals surface area contributed by atoms with Crippen LogP contribution in [0.25, 0.3) is 10.6 Å². The lowest BCUT2D eigenvalue weighted by Crippen LogP contribution is -2.43. The number of halogens is 3. The Hall–Kier alpha value is -2.46. The summed E-state index contributed by atoms with van der Waals surface area (Å²) in [5.74, 6) is -2.12.